The van der Waals surface area contributed by atoms with Crippen LogP contribution in [0.4, 0.5) is 0 Å². The molecule has 1 aromatic rings. The number of aromatic carboxylic acids is 1. The predicted octanol–water partition coefficient (Wildman–Crippen LogP) is 2.00. The summed E-state index contributed by atoms with van der Waals surface area (Å²) in [6.07, 6.45) is 1.71. The molecule has 1 atom stereocenters. The Kier molecular flexibility index (Phi) is 4.29. The molecule has 17 heavy (non-hydrogen) atoms. The molecule has 0 aromatic carbocycles. The van der Waals surface area contributed by atoms with Crippen molar-refractivity contribution in [2.75, 3.05) is 0 Å². The third-order valence-electron chi connectivity index (χ3n) is 2.47. The largest absolute Gasteiger partial charge is 0.477 e. The Balaban J connectivity index is 3.28. The zero-order valence-corrected chi connectivity index (χ0v) is 11.3. The number of carboxylic acid groups (broad SMARTS) is 1. The molecule has 0 saturated carbocycles. The molecule has 0 spiro atoms. The second-order valence-corrected chi connectivity index (χ2v) is 6.73. The minimum atomic E-state index is -3.83. The number of hydrogen-bond donors (Lipinski definition) is 2. The molecule has 3 N–H and O–H groups in total. The molecule has 96 valence electrons. The van der Waals surface area contributed by atoms with Gasteiger partial charge in [-0.15, -0.1) is 11.3 Å². The van der Waals surface area contributed by atoms with E-state index in [2.05, 4.69) is 0 Å². The summed E-state index contributed by atoms with van der Waals surface area (Å²) in [5, 5.41) is 14.0. The van der Waals surface area contributed by atoms with Gasteiger partial charge in [-0.25, -0.2) is 18.4 Å². The number of sulfonamides is 1. The highest BCUT2D eigenvalue weighted by atomic mass is 32.2. The van der Waals surface area contributed by atoms with Crippen LogP contribution in [0.25, 0.3) is 0 Å². The molecule has 1 aromatic heterocycles. The highest BCUT2D eigenvalue weighted by molar-refractivity contribution is 7.91. The lowest BCUT2D eigenvalue weighted by atomic mass is 9.97. The molecule has 0 amide bonds. The number of hydrogen-bond acceptors (Lipinski definition) is 4. The topological polar surface area (TPSA) is 97.5 Å². The Bertz CT molecular complexity index is 518. The lowest BCUT2D eigenvalue weighted by Crippen LogP contribution is -2.10. The molecule has 0 aliphatic heterocycles. The molecule has 0 aliphatic rings. The third kappa shape index (κ3) is 3.27. The van der Waals surface area contributed by atoms with E-state index in [4.69, 9.17) is 10.2 Å². The van der Waals surface area contributed by atoms with Crippen molar-refractivity contribution in [1.29, 1.82) is 0 Å². The van der Waals surface area contributed by atoms with E-state index in [1.54, 1.807) is 0 Å². The van der Waals surface area contributed by atoms with Gasteiger partial charge in [0.1, 0.15) is 9.09 Å². The fraction of sp³-hybridized carbons (Fsp3) is 0.500. The molecule has 0 aliphatic carbocycles. The Morgan fingerprint density at radius 1 is 1.59 bits per heavy atom. The van der Waals surface area contributed by atoms with E-state index < -0.39 is 16.0 Å². The van der Waals surface area contributed by atoms with Crippen molar-refractivity contribution in [3.05, 3.63) is 16.5 Å². The first-order valence-electron chi connectivity index (χ1n) is 5.17. The summed E-state index contributed by atoms with van der Waals surface area (Å²) in [6, 6.07) is 1.38. The summed E-state index contributed by atoms with van der Waals surface area (Å²) < 4.78 is 22.3. The predicted molar refractivity (Wildman–Crippen MR) is 66.0 cm³/mol. The van der Waals surface area contributed by atoms with Crippen LogP contribution in [0.5, 0.6) is 0 Å². The van der Waals surface area contributed by atoms with E-state index in [1.165, 1.54) is 6.07 Å². The Morgan fingerprint density at radius 2 is 2.18 bits per heavy atom. The number of thiophene rings is 1. The van der Waals surface area contributed by atoms with E-state index >= 15 is 0 Å². The molecule has 0 saturated heterocycles. The van der Waals surface area contributed by atoms with Crippen molar-refractivity contribution in [1.82, 2.24) is 0 Å². The second kappa shape index (κ2) is 5.16. The average Bonchev–Trinajstić information content (AvgIpc) is 2.61. The summed E-state index contributed by atoms with van der Waals surface area (Å²) >= 11 is 0.716. The van der Waals surface area contributed by atoms with Crippen molar-refractivity contribution in [2.45, 2.75) is 36.8 Å². The molecule has 5 nitrogen and oxygen atoms in total. The lowest BCUT2D eigenvalue weighted by Gasteiger charge is -2.08. The third-order valence-corrected chi connectivity index (χ3v) is 5.02. The molecule has 7 heteroatoms. The van der Waals surface area contributed by atoms with Crippen molar-refractivity contribution >= 4 is 27.3 Å². The molecule has 0 radical (unpaired) electrons. The quantitative estimate of drug-likeness (QED) is 0.860. The van der Waals surface area contributed by atoms with Gasteiger partial charge in [0.25, 0.3) is 0 Å². The molecule has 0 bridgehead atoms. The molecule has 0 fully saturated rings. The minimum absolute atomic E-state index is 0.0119. The van der Waals surface area contributed by atoms with Crippen LogP contribution >= 0.6 is 11.3 Å². The minimum Gasteiger partial charge on any atom is -0.477 e. The van der Waals surface area contributed by atoms with Crippen LogP contribution in [0.1, 0.15) is 47.8 Å². The summed E-state index contributed by atoms with van der Waals surface area (Å²) in [4.78, 5) is 11.1. The fourth-order valence-corrected chi connectivity index (χ4v) is 3.50. The SMILES string of the molecule is CCCC(C)c1cc(S(N)(=O)=O)sc1C(=O)O. The highest BCUT2D eigenvalue weighted by Gasteiger charge is 2.23. The Hall–Kier alpha value is -0.920. The van der Waals surface area contributed by atoms with Gasteiger partial charge in [0.2, 0.25) is 10.0 Å². The molecule has 1 heterocycles. The van der Waals surface area contributed by atoms with Gasteiger partial charge in [0.15, 0.2) is 0 Å². The number of primary sulfonamides is 1. The normalized spacial score (nSPS) is 13.6. The molecule has 1 unspecified atom stereocenters. The van der Waals surface area contributed by atoms with Gasteiger partial charge in [0.05, 0.1) is 0 Å². The van der Waals surface area contributed by atoms with Crippen LogP contribution in [0.15, 0.2) is 10.3 Å². The maximum atomic E-state index is 11.2. The number of rotatable bonds is 5. The van der Waals surface area contributed by atoms with Gasteiger partial charge in [0, 0.05) is 0 Å². The van der Waals surface area contributed by atoms with Gasteiger partial charge >= 0.3 is 5.97 Å². The molecule has 1 rings (SSSR count). The molecular formula is C10H15NO4S2. The lowest BCUT2D eigenvalue weighted by molar-refractivity contribution is 0.0700. The average molecular weight is 277 g/mol. The van der Waals surface area contributed by atoms with Crippen LogP contribution < -0.4 is 5.14 Å². The maximum absolute atomic E-state index is 11.2. The zero-order chi connectivity index (χ0) is 13.2. The highest BCUT2D eigenvalue weighted by Crippen LogP contribution is 2.33. The maximum Gasteiger partial charge on any atom is 0.346 e. The first-order valence-corrected chi connectivity index (χ1v) is 7.53. The van der Waals surface area contributed by atoms with Crippen LogP contribution in [-0.2, 0) is 10.0 Å². The van der Waals surface area contributed by atoms with Crippen molar-refractivity contribution in [3.63, 3.8) is 0 Å². The van der Waals surface area contributed by atoms with Crippen molar-refractivity contribution in [2.24, 2.45) is 5.14 Å². The van der Waals surface area contributed by atoms with Crippen LogP contribution in [0.3, 0.4) is 0 Å². The van der Waals surface area contributed by atoms with Gasteiger partial charge in [-0.1, -0.05) is 20.3 Å². The number of nitrogens with two attached hydrogens (primary N) is 1. The van der Waals surface area contributed by atoms with Gasteiger partial charge in [-0.3, -0.25) is 0 Å². The van der Waals surface area contributed by atoms with E-state index in [0.717, 1.165) is 12.8 Å². The number of carbonyl (C=O) groups is 1. The van der Waals surface area contributed by atoms with E-state index in [1.807, 2.05) is 13.8 Å². The fourth-order valence-electron chi connectivity index (χ4n) is 1.64. The second-order valence-electron chi connectivity index (χ2n) is 3.89. The van der Waals surface area contributed by atoms with E-state index in [0.29, 0.717) is 16.9 Å². The molecular weight excluding hydrogens is 262 g/mol. The standard InChI is InChI=1S/C10H15NO4S2/c1-3-4-6(2)7-5-8(17(11,14)15)16-9(7)10(12)13/h5-6H,3-4H2,1-2H3,(H,12,13)(H2,11,14,15). The van der Waals surface area contributed by atoms with Crippen LogP contribution in [0.2, 0.25) is 0 Å². The van der Waals surface area contributed by atoms with Crippen molar-refractivity contribution in [3.8, 4) is 0 Å². The first kappa shape index (κ1) is 14.1. The Labute approximate surface area is 104 Å². The van der Waals surface area contributed by atoms with E-state index in [-0.39, 0.29) is 15.0 Å². The van der Waals surface area contributed by atoms with Crippen LogP contribution in [0, 0.1) is 0 Å². The van der Waals surface area contributed by atoms with E-state index in [9.17, 15) is 13.2 Å². The van der Waals surface area contributed by atoms with Gasteiger partial charge in [-0.05, 0) is 24.0 Å². The Morgan fingerprint density at radius 3 is 2.59 bits per heavy atom. The van der Waals surface area contributed by atoms with Gasteiger partial charge in [-0.2, -0.15) is 0 Å². The smallest absolute Gasteiger partial charge is 0.346 e. The monoisotopic (exact) mass is 277 g/mol. The van der Waals surface area contributed by atoms with Crippen molar-refractivity contribution < 1.29 is 18.3 Å². The summed E-state index contributed by atoms with van der Waals surface area (Å²) in [7, 11) is -3.83. The first-order chi connectivity index (χ1) is 7.77. The summed E-state index contributed by atoms with van der Waals surface area (Å²) in [6.45, 7) is 3.87. The summed E-state index contributed by atoms with van der Waals surface area (Å²) in [5.41, 5.74) is 0.549. The number of carboxylic acids is 1. The zero-order valence-electron chi connectivity index (χ0n) is 9.63. The van der Waals surface area contributed by atoms with Gasteiger partial charge < -0.3 is 5.11 Å². The van der Waals surface area contributed by atoms with Crippen LogP contribution in [-0.4, -0.2) is 19.5 Å². The summed E-state index contributed by atoms with van der Waals surface area (Å²) in [5.74, 6) is -1.10.